The van der Waals surface area contributed by atoms with Crippen LogP contribution in [0, 0.1) is 12.8 Å². The lowest BCUT2D eigenvalue weighted by atomic mass is 9.56. The molecule has 4 heteroatoms. The minimum atomic E-state index is -0.753. The van der Waals surface area contributed by atoms with Crippen molar-refractivity contribution in [3.05, 3.63) is 94.8 Å². The van der Waals surface area contributed by atoms with Gasteiger partial charge in [0, 0.05) is 11.8 Å². The van der Waals surface area contributed by atoms with Gasteiger partial charge in [-0.1, -0.05) is 43.3 Å². The number of anilines is 1. The third-order valence-electron chi connectivity index (χ3n) is 8.45. The second-order valence-electron chi connectivity index (χ2n) is 10.2. The fraction of sp³-hybridized carbons (Fsp3) is 0.400. The molecule has 5 rings (SSSR count). The second kappa shape index (κ2) is 8.99. The lowest BCUT2D eigenvalue weighted by Gasteiger charge is -2.50. The van der Waals surface area contributed by atoms with Gasteiger partial charge in [-0.2, -0.15) is 0 Å². The molecule has 176 valence electrons. The van der Waals surface area contributed by atoms with Crippen molar-refractivity contribution in [2.24, 2.45) is 5.92 Å². The van der Waals surface area contributed by atoms with Gasteiger partial charge in [-0.3, -0.25) is 9.78 Å². The van der Waals surface area contributed by atoms with Gasteiger partial charge in [-0.15, -0.1) is 0 Å². The van der Waals surface area contributed by atoms with E-state index in [4.69, 9.17) is 0 Å². The zero-order valence-electron chi connectivity index (χ0n) is 20.2. The molecule has 2 aromatic carbocycles. The first-order valence-electron chi connectivity index (χ1n) is 12.6. The minimum Gasteiger partial charge on any atom is -0.385 e. The fourth-order valence-electron chi connectivity index (χ4n) is 6.52. The van der Waals surface area contributed by atoms with Crippen LogP contribution in [0.2, 0.25) is 0 Å². The summed E-state index contributed by atoms with van der Waals surface area (Å²) in [5.74, 6) is 0.336. The lowest BCUT2D eigenvalue weighted by Crippen LogP contribution is -2.46. The topological polar surface area (TPSA) is 62.2 Å². The first-order chi connectivity index (χ1) is 16.4. The number of carbonyl (C=O) groups excluding carboxylic acids is 1. The molecule has 2 aliphatic carbocycles. The van der Waals surface area contributed by atoms with Crippen LogP contribution in [0.3, 0.4) is 0 Å². The predicted octanol–water partition coefficient (Wildman–Crippen LogP) is 6.31. The molecule has 1 heterocycles. The molecule has 1 aromatic heterocycles. The largest absolute Gasteiger partial charge is 0.385 e. The highest BCUT2D eigenvalue weighted by atomic mass is 16.3. The van der Waals surface area contributed by atoms with Gasteiger partial charge in [0.15, 0.2) is 0 Å². The van der Waals surface area contributed by atoms with Gasteiger partial charge in [-0.05, 0) is 104 Å². The molecule has 1 amide bonds. The van der Waals surface area contributed by atoms with E-state index in [2.05, 4.69) is 41.5 Å². The SMILES string of the molecule is CC[C@@]12CC[C@@](O)(c3ccccc3)C[C@@H]1CCCc1cc(C(=O)Nc3cccnc3C)ccc12. The summed E-state index contributed by atoms with van der Waals surface area (Å²) in [7, 11) is 0. The average molecular weight is 455 g/mol. The maximum Gasteiger partial charge on any atom is 0.255 e. The van der Waals surface area contributed by atoms with Gasteiger partial charge in [-0.25, -0.2) is 0 Å². The van der Waals surface area contributed by atoms with E-state index in [1.807, 2.05) is 43.3 Å². The van der Waals surface area contributed by atoms with E-state index in [-0.39, 0.29) is 11.3 Å². The van der Waals surface area contributed by atoms with Crippen LogP contribution in [-0.4, -0.2) is 16.0 Å². The van der Waals surface area contributed by atoms with Crippen LogP contribution >= 0.6 is 0 Å². The monoisotopic (exact) mass is 454 g/mol. The number of pyridine rings is 1. The Morgan fingerprint density at radius 3 is 2.71 bits per heavy atom. The Kier molecular flexibility index (Phi) is 6.03. The molecule has 0 bridgehead atoms. The van der Waals surface area contributed by atoms with Gasteiger partial charge in [0.2, 0.25) is 0 Å². The van der Waals surface area contributed by atoms with E-state index >= 15 is 0 Å². The van der Waals surface area contributed by atoms with E-state index in [0.717, 1.165) is 61.9 Å². The van der Waals surface area contributed by atoms with E-state index < -0.39 is 5.60 Å². The molecule has 0 radical (unpaired) electrons. The first-order valence-corrected chi connectivity index (χ1v) is 12.6. The third-order valence-corrected chi connectivity index (χ3v) is 8.45. The van der Waals surface area contributed by atoms with Crippen LogP contribution in [0.4, 0.5) is 5.69 Å². The maximum absolute atomic E-state index is 13.0. The number of carbonyl (C=O) groups is 1. The smallest absolute Gasteiger partial charge is 0.255 e. The normalized spacial score (nSPS) is 26.1. The standard InChI is InChI=1S/C30H34N2O2/c1-3-29-16-17-30(34,24-10-5-4-6-11-24)20-25(29)12-7-9-22-19-23(14-15-26(22)29)28(33)32-27-13-8-18-31-21(27)2/h4-6,8,10-11,13-15,18-19,25,34H,3,7,9,12,16-17,20H2,1-2H3,(H,32,33)/t25-,29+,30-/m0/s1. The minimum absolute atomic E-state index is 0.0573. The molecule has 0 saturated heterocycles. The van der Waals surface area contributed by atoms with Crippen molar-refractivity contribution < 1.29 is 9.90 Å². The molecule has 3 atom stereocenters. The number of fused-ring (bicyclic) bond motifs is 3. The molecular weight excluding hydrogens is 420 g/mol. The number of aryl methyl sites for hydroxylation is 2. The number of aliphatic hydroxyl groups is 1. The molecule has 2 N–H and O–H groups in total. The summed E-state index contributed by atoms with van der Waals surface area (Å²) in [4.78, 5) is 17.3. The number of aromatic nitrogens is 1. The predicted molar refractivity (Wildman–Crippen MR) is 136 cm³/mol. The van der Waals surface area contributed by atoms with Crippen LogP contribution < -0.4 is 5.32 Å². The van der Waals surface area contributed by atoms with Gasteiger partial charge in [0.1, 0.15) is 0 Å². The van der Waals surface area contributed by atoms with E-state index in [9.17, 15) is 9.90 Å². The Labute approximate surface area is 202 Å². The number of nitrogens with one attached hydrogen (secondary N) is 1. The van der Waals surface area contributed by atoms with Crippen LogP contribution in [0.5, 0.6) is 0 Å². The number of nitrogens with zero attached hydrogens (tertiary/aromatic N) is 1. The second-order valence-corrected chi connectivity index (χ2v) is 10.2. The maximum atomic E-state index is 13.0. The molecule has 0 spiro atoms. The molecule has 1 saturated carbocycles. The van der Waals surface area contributed by atoms with Crippen LogP contribution in [0.25, 0.3) is 0 Å². The third kappa shape index (κ3) is 3.94. The van der Waals surface area contributed by atoms with E-state index in [1.165, 1.54) is 11.1 Å². The molecule has 34 heavy (non-hydrogen) atoms. The lowest BCUT2D eigenvalue weighted by molar-refractivity contribution is -0.0533. The van der Waals surface area contributed by atoms with Crippen molar-refractivity contribution in [2.75, 3.05) is 5.32 Å². The van der Waals surface area contributed by atoms with E-state index in [0.29, 0.717) is 11.5 Å². The van der Waals surface area contributed by atoms with Crippen LogP contribution in [0.1, 0.15) is 78.2 Å². The molecule has 1 fully saturated rings. The number of benzene rings is 2. The Morgan fingerprint density at radius 1 is 1.12 bits per heavy atom. The highest BCUT2D eigenvalue weighted by molar-refractivity contribution is 6.04. The van der Waals surface area contributed by atoms with Gasteiger partial charge < -0.3 is 10.4 Å². The number of hydrogen-bond acceptors (Lipinski definition) is 3. The summed E-state index contributed by atoms with van der Waals surface area (Å²) in [6, 6.07) is 20.2. The Bertz CT molecular complexity index is 1190. The van der Waals surface area contributed by atoms with Crippen molar-refractivity contribution >= 4 is 11.6 Å². The first kappa shape index (κ1) is 22.8. The zero-order valence-corrected chi connectivity index (χ0v) is 20.2. The molecular formula is C30H34N2O2. The summed E-state index contributed by atoms with van der Waals surface area (Å²) in [6.45, 7) is 4.19. The summed E-state index contributed by atoms with van der Waals surface area (Å²) in [5, 5.41) is 14.7. The van der Waals surface area contributed by atoms with Gasteiger partial charge >= 0.3 is 0 Å². The Hall–Kier alpha value is -2.98. The average Bonchev–Trinajstić information content (AvgIpc) is 3.02. The van der Waals surface area contributed by atoms with E-state index in [1.54, 1.807) is 6.20 Å². The quantitative estimate of drug-likeness (QED) is 0.485. The Morgan fingerprint density at radius 2 is 1.94 bits per heavy atom. The van der Waals surface area contributed by atoms with Crippen LogP contribution in [0.15, 0.2) is 66.9 Å². The fourth-order valence-corrected chi connectivity index (χ4v) is 6.52. The Balaban J connectivity index is 1.45. The highest BCUT2D eigenvalue weighted by Crippen LogP contribution is 2.55. The summed E-state index contributed by atoms with van der Waals surface area (Å²) < 4.78 is 0. The highest BCUT2D eigenvalue weighted by Gasteiger charge is 2.50. The molecule has 2 aliphatic rings. The van der Waals surface area contributed by atoms with Crippen molar-refractivity contribution in [3.8, 4) is 0 Å². The number of hydrogen-bond donors (Lipinski definition) is 2. The number of amides is 1. The molecule has 4 nitrogen and oxygen atoms in total. The summed E-state index contributed by atoms with van der Waals surface area (Å²) in [5.41, 5.74) is 5.29. The van der Waals surface area contributed by atoms with Crippen molar-refractivity contribution in [1.29, 1.82) is 0 Å². The summed E-state index contributed by atoms with van der Waals surface area (Å²) >= 11 is 0. The van der Waals surface area contributed by atoms with Crippen LogP contribution in [-0.2, 0) is 17.4 Å². The van der Waals surface area contributed by atoms with Crippen molar-refractivity contribution in [1.82, 2.24) is 4.98 Å². The zero-order chi connectivity index (χ0) is 23.8. The van der Waals surface area contributed by atoms with Gasteiger partial charge in [0.05, 0.1) is 17.0 Å². The molecule has 0 unspecified atom stereocenters. The number of rotatable bonds is 4. The molecule has 3 aromatic rings. The van der Waals surface area contributed by atoms with Gasteiger partial charge in [0.25, 0.3) is 5.91 Å². The van der Waals surface area contributed by atoms with Crippen molar-refractivity contribution in [2.45, 2.75) is 69.8 Å². The molecule has 0 aliphatic heterocycles. The van der Waals surface area contributed by atoms with Crippen molar-refractivity contribution in [3.63, 3.8) is 0 Å². The summed E-state index contributed by atoms with van der Waals surface area (Å²) in [6.07, 6.45) is 8.48.